The number of amides is 2. The molecule has 1 saturated heterocycles. The smallest absolute Gasteiger partial charge is 0.434 e. The summed E-state index contributed by atoms with van der Waals surface area (Å²) in [7, 11) is 0. The highest BCUT2D eigenvalue weighted by Crippen LogP contribution is 2.30. The summed E-state index contributed by atoms with van der Waals surface area (Å²) in [5.74, 6) is 0.845. The van der Waals surface area contributed by atoms with Crippen molar-refractivity contribution in [2.75, 3.05) is 23.8 Å². The van der Waals surface area contributed by atoms with E-state index in [9.17, 15) is 18.0 Å². The lowest BCUT2D eigenvalue weighted by atomic mass is 9.93. The molecule has 3 rings (SSSR count). The van der Waals surface area contributed by atoms with E-state index in [1.54, 1.807) is 12.1 Å². The van der Waals surface area contributed by atoms with Crippen molar-refractivity contribution in [3.63, 3.8) is 0 Å². The number of aromatic nitrogens is 2. The number of benzene rings is 1. The van der Waals surface area contributed by atoms with Crippen LogP contribution < -0.4 is 15.4 Å². The van der Waals surface area contributed by atoms with Crippen LogP contribution in [0.5, 0.6) is 5.75 Å². The van der Waals surface area contributed by atoms with E-state index in [0.717, 1.165) is 25.5 Å². The van der Waals surface area contributed by atoms with E-state index in [1.807, 2.05) is 0 Å². The molecule has 1 aliphatic rings. The van der Waals surface area contributed by atoms with Crippen molar-refractivity contribution < 1.29 is 27.4 Å². The molecular weight excluding hydrogens is 437 g/mol. The third-order valence-electron chi connectivity index (χ3n) is 4.85. The molecular formula is C20H22ClF3N4O3. The van der Waals surface area contributed by atoms with Crippen molar-refractivity contribution in [3.8, 4) is 5.75 Å². The van der Waals surface area contributed by atoms with Crippen LogP contribution in [0.2, 0.25) is 5.02 Å². The van der Waals surface area contributed by atoms with Crippen LogP contribution in [0.4, 0.5) is 29.5 Å². The molecule has 0 radical (unpaired) electrons. The fraction of sp³-hybridized carbons (Fsp3) is 0.450. The Morgan fingerprint density at radius 1 is 1.29 bits per heavy atom. The van der Waals surface area contributed by atoms with Crippen molar-refractivity contribution in [1.82, 2.24) is 9.97 Å². The molecule has 2 aromatic rings. The monoisotopic (exact) mass is 458 g/mol. The van der Waals surface area contributed by atoms with Gasteiger partial charge in [-0.05, 0) is 37.0 Å². The van der Waals surface area contributed by atoms with Crippen LogP contribution in [0.3, 0.4) is 0 Å². The first-order valence-corrected chi connectivity index (χ1v) is 10.1. The summed E-state index contributed by atoms with van der Waals surface area (Å²) in [5.41, 5.74) is -0.855. The molecule has 168 valence electrons. The number of urea groups is 1. The Labute approximate surface area is 182 Å². The number of nitrogens with zero attached hydrogens (tertiary/aromatic N) is 2. The van der Waals surface area contributed by atoms with Gasteiger partial charge in [0.1, 0.15) is 12.4 Å². The summed E-state index contributed by atoms with van der Waals surface area (Å²) in [4.78, 5) is 19.1. The molecule has 1 fully saturated rings. The lowest BCUT2D eigenvalue weighted by molar-refractivity contribution is -0.141. The number of carbonyl (C=O) groups is 1. The number of rotatable bonds is 6. The van der Waals surface area contributed by atoms with E-state index in [-0.39, 0.29) is 11.9 Å². The zero-order chi connectivity index (χ0) is 22.4. The lowest BCUT2D eigenvalue weighted by Gasteiger charge is -2.29. The Morgan fingerprint density at radius 2 is 2.10 bits per heavy atom. The standard InChI is InChI=1S/C20H22ClF3N4O3/c1-2-12-5-6-30-14(7-12)11-31-16-4-3-13(21)8-15(16)27-19(29)28-18-10-25-17(9-26-18)20(22,23)24/h3-4,8-10,12,14H,2,5-7,11H2,1H3,(H2,26,27,28,29)/t12?,14-/m1/s1. The summed E-state index contributed by atoms with van der Waals surface area (Å²) >= 11 is 6.03. The van der Waals surface area contributed by atoms with Crippen LogP contribution in [0.1, 0.15) is 31.9 Å². The van der Waals surface area contributed by atoms with Gasteiger partial charge in [-0.15, -0.1) is 0 Å². The minimum atomic E-state index is -4.61. The highest BCUT2D eigenvalue weighted by Gasteiger charge is 2.32. The Balaban J connectivity index is 1.61. The second-order valence-corrected chi connectivity index (χ2v) is 7.54. The number of ether oxygens (including phenoxy) is 2. The Kier molecular flexibility index (Phi) is 7.55. The Bertz CT molecular complexity index is 896. The average molecular weight is 459 g/mol. The normalized spacial score (nSPS) is 19.0. The predicted molar refractivity (Wildman–Crippen MR) is 109 cm³/mol. The van der Waals surface area contributed by atoms with Crippen molar-refractivity contribution in [2.45, 2.75) is 38.5 Å². The number of hydrogen-bond donors (Lipinski definition) is 2. The van der Waals surface area contributed by atoms with Gasteiger partial charge in [0, 0.05) is 11.6 Å². The summed E-state index contributed by atoms with van der Waals surface area (Å²) in [6.07, 6.45) is -0.271. The zero-order valence-electron chi connectivity index (χ0n) is 16.7. The van der Waals surface area contributed by atoms with Gasteiger partial charge in [0.25, 0.3) is 0 Å². The second kappa shape index (κ2) is 10.1. The summed E-state index contributed by atoms with van der Waals surface area (Å²) in [5, 5.41) is 5.25. The molecule has 1 aromatic heterocycles. The van der Waals surface area contributed by atoms with Crippen molar-refractivity contribution >= 4 is 29.1 Å². The number of halogens is 4. The van der Waals surface area contributed by atoms with E-state index in [2.05, 4.69) is 27.5 Å². The van der Waals surface area contributed by atoms with E-state index >= 15 is 0 Å². The fourth-order valence-electron chi connectivity index (χ4n) is 3.16. The average Bonchev–Trinajstić information content (AvgIpc) is 2.73. The maximum Gasteiger partial charge on any atom is 0.434 e. The SMILES string of the molecule is CCC1CCO[C@@H](COc2ccc(Cl)cc2NC(=O)Nc2cnc(C(F)(F)F)cn2)C1. The number of alkyl halides is 3. The van der Waals surface area contributed by atoms with Gasteiger partial charge in [0.15, 0.2) is 11.5 Å². The van der Waals surface area contributed by atoms with Gasteiger partial charge in [-0.3, -0.25) is 5.32 Å². The van der Waals surface area contributed by atoms with Gasteiger partial charge in [-0.2, -0.15) is 13.2 Å². The lowest BCUT2D eigenvalue weighted by Crippen LogP contribution is -2.30. The third-order valence-corrected chi connectivity index (χ3v) is 5.09. The highest BCUT2D eigenvalue weighted by atomic mass is 35.5. The number of nitrogens with one attached hydrogen (secondary N) is 2. The van der Waals surface area contributed by atoms with E-state index in [1.165, 1.54) is 6.07 Å². The molecule has 1 aromatic carbocycles. The minimum Gasteiger partial charge on any atom is -0.489 e. The van der Waals surface area contributed by atoms with Crippen molar-refractivity contribution in [2.24, 2.45) is 5.92 Å². The summed E-state index contributed by atoms with van der Waals surface area (Å²) < 4.78 is 49.3. The number of hydrogen-bond acceptors (Lipinski definition) is 5. The second-order valence-electron chi connectivity index (χ2n) is 7.11. The maximum atomic E-state index is 12.6. The summed E-state index contributed by atoms with van der Waals surface area (Å²) in [6, 6.07) is 4.01. The molecule has 7 nitrogen and oxygen atoms in total. The van der Waals surface area contributed by atoms with Crippen LogP contribution in [-0.2, 0) is 10.9 Å². The number of carbonyl (C=O) groups excluding carboxylic acids is 1. The molecule has 31 heavy (non-hydrogen) atoms. The molecule has 2 amide bonds. The molecule has 0 saturated carbocycles. The van der Waals surface area contributed by atoms with E-state index < -0.39 is 17.9 Å². The molecule has 0 spiro atoms. The van der Waals surface area contributed by atoms with Crippen LogP contribution >= 0.6 is 11.6 Å². The first-order chi connectivity index (χ1) is 14.7. The summed E-state index contributed by atoms with van der Waals surface area (Å²) in [6.45, 7) is 3.16. The number of anilines is 2. The Morgan fingerprint density at radius 3 is 2.77 bits per heavy atom. The van der Waals surface area contributed by atoms with Gasteiger partial charge in [0.2, 0.25) is 0 Å². The van der Waals surface area contributed by atoms with Crippen LogP contribution in [0.25, 0.3) is 0 Å². The van der Waals surface area contributed by atoms with Gasteiger partial charge in [0.05, 0.1) is 24.2 Å². The van der Waals surface area contributed by atoms with Gasteiger partial charge >= 0.3 is 12.2 Å². The first-order valence-electron chi connectivity index (χ1n) is 9.75. The maximum absolute atomic E-state index is 12.6. The molecule has 1 unspecified atom stereocenters. The van der Waals surface area contributed by atoms with Crippen LogP contribution in [-0.4, -0.2) is 35.3 Å². The molecule has 1 aliphatic heterocycles. The zero-order valence-corrected chi connectivity index (χ0v) is 17.5. The van der Waals surface area contributed by atoms with Gasteiger partial charge in [-0.25, -0.2) is 14.8 Å². The van der Waals surface area contributed by atoms with Gasteiger partial charge < -0.3 is 14.8 Å². The first kappa shape index (κ1) is 23.1. The molecule has 0 bridgehead atoms. The van der Waals surface area contributed by atoms with Crippen molar-refractivity contribution in [3.05, 3.63) is 41.3 Å². The predicted octanol–water partition coefficient (Wildman–Crippen LogP) is 5.38. The van der Waals surface area contributed by atoms with Gasteiger partial charge in [-0.1, -0.05) is 24.9 Å². The molecule has 2 atom stereocenters. The minimum absolute atomic E-state index is 0.0431. The molecule has 2 N–H and O–H groups in total. The fourth-order valence-corrected chi connectivity index (χ4v) is 3.34. The quantitative estimate of drug-likeness (QED) is 0.607. The largest absolute Gasteiger partial charge is 0.489 e. The van der Waals surface area contributed by atoms with E-state index in [4.69, 9.17) is 21.1 Å². The molecule has 11 heteroatoms. The topological polar surface area (TPSA) is 85.4 Å². The van der Waals surface area contributed by atoms with Crippen molar-refractivity contribution in [1.29, 1.82) is 0 Å². The Hall–Kier alpha value is -2.59. The molecule has 0 aliphatic carbocycles. The molecule has 2 heterocycles. The third kappa shape index (κ3) is 6.70. The van der Waals surface area contributed by atoms with Crippen LogP contribution in [0.15, 0.2) is 30.6 Å². The van der Waals surface area contributed by atoms with Crippen LogP contribution in [0, 0.1) is 5.92 Å². The highest BCUT2D eigenvalue weighted by molar-refractivity contribution is 6.31. The van der Waals surface area contributed by atoms with E-state index in [0.29, 0.717) is 41.8 Å².